The standard InChI is InChI=1S/C14H15N3O3/c1-8-3-4-9(2)10(5-8)6-13(18)15-12-7-11(14(19)20)16-17-12/h3-5,7H,6H2,1-2H3,(H,19,20)(H2,15,16,17,18). The van der Waals surface area contributed by atoms with E-state index in [9.17, 15) is 9.59 Å². The second-order valence-corrected chi connectivity index (χ2v) is 4.63. The Morgan fingerprint density at radius 3 is 2.70 bits per heavy atom. The Morgan fingerprint density at radius 2 is 2.05 bits per heavy atom. The van der Waals surface area contributed by atoms with Gasteiger partial charge in [0.1, 0.15) is 5.69 Å². The number of nitrogens with one attached hydrogen (secondary N) is 2. The summed E-state index contributed by atoms with van der Waals surface area (Å²) in [4.78, 5) is 22.6. The van der Waals surface area contributed by atoms with Crippen molar-refractivity contribution in [1.29, 1.82) is 0 Å². The van der Waals surface area contributed by atoms with Crippen LogP contribution in [0.3, 0.4) is 0 Å². The van der Waals surface area contributed by atoms with Gasteiger partial charge in [0.2, 0.25) is 5.91 Å². The monoisotopic (exact) mass is 273 g/mol. The Balaban J connectivity index is 2.05. The summed E-state index contributed by atoms with van der Waals surface area (Å²) in [7, 11) is 0. The maximum absolute atomic E-state index is 11.9. The van der Waals surface area contributed by atoms with Crippen molar-refractivity contribution < 1.29 is 14.7 Å². The first-order chi connectivity index (χ1) is 9.45. The van der Waals surface area contributed by atoms with Crippen LogP contribution in [0, 0.1) is 13.8 Å². The molecule has 6 heteroatoms. The van der Waals surface area contributed by atoms with Crippen LogP contribution in [0.2, 0.25) is 0 Å². The number of carbonyl (C=O) groups excluding carboxylic acids is 1. The SMILES string of the molecule is Cc1ccc(C)c(CC(=O)Nc2cc(C(=O)O)[nH]n2)c1. The van der Waals surface area contributed by atoms with Gasteiger partial charge in [-0.15, -0.1) is 0 Å². The summed E-state index contributed by atoms with van der Waals surface area (Å²) < 4.78 is 0. The van der Waals surface area contributed by atoms with Crippen LogP contribution in [0.25, 0.3) is 0 Å². The van der Waals surface area contributed by atoms with Crippen molar-refractivity contribution in [3.8, 4) is 0 Å². The second kappa shape index (κ2) is 5.56. The van der Waals surface area contributed by atoms with E-state index in [1.807, 2.05) is 32.0 Å². The van der Waals surface area contributed by atoms with Crippen LogP contribution in [0.5, 0.6) is 0 Å². The van der Waals surface area contributed by atoms with E-state index in [4.69, 9.17) is 5.11 Å². The zero-order chi connectivity index (χ0) is 14.7. The third-order valence-electron chi connectivity index (χ3n) is 2.93. The van der Waals surface area contributed by atoms with E-state index in [-0.39, 0.29) is 23.8 Å². The summed E-state index contributed by atoms with van der Waals surface area (Å²) >= 11 is 0. The molecule has 2 rings (SSSR count). The molecule has 1 amide bonds. The molecule has 0 aliphatic rings. The number of H-pyrrole nitrogens is 1. The molecule has 0 fully saturated rings. The Bertz CT molecular complexity index is 661. The molecule has 1 heterocycles. The summed E-state index contributed by atoms with van der Waals surface area (Å²) in [6.45, 7) is 3.91. The summed E-state index contributed by atoms with van der Waals surface area (Å²) in [6.07, 6.45) is 0.225. The number of carbonyl (C=O) groups is 2. The summed E-state index contributed by atoms with van der Waals surface area (Å²) in [5.74, 6) is -1.15. The molecular weight excluding hydrogens is 258 g/mol. The van der Waals surface area contributed by atoms with Crippen LogP contribution in [0.4, 0.5) is 5.82 Å². The molecule has 6 nitrogen and oxygen atoms in total. The highest BCUT2D eigenvalue weighted by atomic mass is 16.4. The van der Waals surface area contributed by atoms with Gasteiger partial charge in [0.15, 0.2) is 5.82 Å². The number of aromatic amines is 1. The molecule has 0 unspecified atom stereocenters. The zero-order valence-corrected chi connectivity index (χ0v) is 11.2. The first-order valence-corrected chi connectivity index (χ1v) is 6.10. The number of carboxylic acids is 1. The first kappa shape index (κ1) is 13.8. The number of anilines is 1. The van der Waals surface area contributed by atoms with Gasteiger partial charge >= 0.3 is 5.97 Å². The normalized spacial score (nSPS) is 10.3. The van der Waals surface area contributed by atoms with Crippen LogP contribution in [0.15, 0.2) is 24.3 Å². The van der Waals surface area contributed by atoms with E-state index in [2.05, 4.69) is 15.5 Å². The van der Waals surface area contributed by atoms with Gasteiger partial charge < -0.3 is 10.4 Å². The molecular formula is C14H15N3O3. The van der Waals surface area contributed by atoms with Crippen molar-refractivity contribution in [3.05, 3.63) is 46.6 Å². The molecule has 0 bridgehead atoms. The minimum Gasteiger partial charge on any atom is -0.477 e. The molecule has 0 aliphatic carbocycles. The predicted octanol–water partition coefficient (Wildman–Crippen LogP) is 1.91. The zero-order valence-electron chi connectivity index (χ0n) is 11.2. The van der Waals surface area contributed by atoms with E-state index in [0.717, 1.165) is 16.7 Å². The average molecular weight is 273 g/mol. The molecule has 2 aromatic rings. The molecule has 0 aliphatic heterocycles. The molecule has 0 radical (unpaired) electrons. The van der Waals surface area contributed by atoms with Crippen LogP contribution >= 0.6 is 0 Å². The maximum atomic E-state index is 11.9. The minimum atomic E-state index is -1.12. The first-order valence-electron chi connectivity index (χ1n) is 6.10. The number of benzene rings is 1. The van der Waals surface area contributed by atoms with Gasteiger partial charge in [-0.1, -0.05) is 23.8 Å². The number of carboxylic acid groups (broad SMARTS) is 1. The predicted molar refractivity (Wildman–Crippen MR) is 73.8 cm³/mol. The summed E-state index contributed by atoms with van der Waals surface area (Å²) in [5.41, 5.74) is 3.01. The molecule has 1 aromatic carbocycles. The number of amides is 1. The van der Waals surface area contributed by atoms with Gasteiger partial charge in [-0.2, -0.15) is 5.10 Å². The van der Waals surface area contributed by atoms with Crippen LogP contribution in [-0.2, 0) is 11.2 Å². The number of aromatic nitrogens is 2. The van der Waals surface area contributed by atoms with Crippen molar-refractivity contribution in [2.45, 2.75) is 20.3 Å². The third-order valence-corrected chi connectivity index (χ3v) is 2.93. The second-order valence-electron chi connectivity index (χ2n) is 4.63. The van der Waals surface area contributed by atoms with Crippen molar-refractivity contribution in [1.82, 2.24) is 10.2 Å². The number of nitrogens with zero attached hydrogens (tertiary/aromatic N) is 1. The fourth-order valence-electron chi connectivity index (χ4n) is 1.85. The topological polar surface area (TPSA) is 95.1 Å². The van der Waals surface area contributed by atoms with E-state index in [0.29, 0.717) is 0 Å². The average Bonchev–Trinajstić information content (AvgIpc) is 2.82. The van der Waals surface area contributed by atoms with Gasteiger partial charge in [0.05, 0.1) is 6.42 Å². The van der Waals surface area contributed by atoms with E-state index >= 15 is 0 Å². The van der Waals surface area contributed by atoms with E-state index < -0.39 is 5.97 Å². The molecule has 0 saturated heterocycles. The van der Waals surface area contributed by atoms with E-state index in [1.54, 1.807) is 0 Å². The molecule has 104 valence electrons. The van der Waals surface area contributed by atoms with Crippen molar-refractivity contribution in [3.63, 3.8) is 0 Å². The quantitative estimate of drug-likeness (QED) is 0.793. The summed E-state index contributed by atoms with van der Waals surface area (Å²) in [6, 6.07) is 7.20. The number of aromatic carboxylic acids is 1. The molecule has 0 saturated carbocycles. The molecule has 20 heavy (non-hydrogen) atoms. The van der Waals surface area contributed by atoms with Crippen molar-refractivity contribution >= 4 is 17.7 Å². The smallest absolute Gasteiger partial charge is 0.353 e. The lowest BCUT2D eigenvalue weighted by Crippen LogP contribution is -2.15. The van der Waals surface area contributed by atoms with Gasteiger partial charge in [-0.25, -0.2) is 4.79 Å². The Labute approximate surface area is 115 Å². The highest BCUT2D eigenvalue weighted by molar-refractivity contribution is 5.93. The number of aryl methyl sites for hydroxylation is 2. The maximum Gasteiger partial charge on any atom is 0.353 e. The third kappa shape index (κ3) is 3.23. The number of rotatable bonds is 4. The Morgan fingerprint density at radius 1 is 1.30 bits per heavy atom. The van der Waals surface area contributed by atoms with Gasteiger partial charge in [-0.05, 0) is 25.0 Å². The lowest BCUT2D eigenvalue weighted by atomic mass is 10.0. The Hall–Kier alpha value is -2.63. The fraction of sp³-hybridized carbons (Fsp3) is 0.214. The molecule has 0 spiro atoms. The van der Waals surface area contributed by atoms with E-state index in [1.165, 1.54) is 6.07 Å². The molecule has 1 aromatic heterocycles. The van der Waals surface area contributed by atoms with Crippen molar-refractivity contribution in [2.24, 2.45) is 0 Å². The highest BCUT2D eigenvalue weighted by Gasteiger charge is 2.11. The lowest BCUT2D eigenvalue weighted by Gasteiger charge is -2.06. The van der Waals surface area contributed by atoms with Crippen molar-refractivity contribution in [2.75, 3.05) is 5.32 Å². The Kier molecular flexibility index (Phi) is 3.84. The lowest BCUT2D eigenvalue weighted by molar-refractivity contribution is -0.115. The van der Waals surface area contributed by atoms with Crippen LogP contribution < -0.4 is 5.32 Å². The number of hydrogen-bond acceptors (Lipinski definition) is 3. The largest absolute Gasteiger partial charge is 0.477 e. The van der Waals surface area contributed by atoms with Crippen LogP contribution in [0.1, 0.15) is 27.2 Å². The molecule has 3 N–H and O–H groups in total. The van der Waals surface area contributed by atoms with Crippen LogP contribution in [-0.4, -0.2) is 27.2 Å². The van der Waals surface area contributed by atoms with Gasteiger partial charge in [0, 0.05) is 6.07 Å². The number of hydrogen-bond donors (Lipinski definition) is 3. The fourth-order valence-corrected chi connectivity index (χ4v) is 1.85. The van der Waals surface area contributed by atoms with Gasteiger partial charge in [0.25, 0.3) is 0 Å². The summed E-state index contributed by atoms with van der Waals surface area (Å²) in [5, 5.41) is 17.4. The van der Waals surface area contributed by atoms with Gasteiger partial charge in [-0.3, -0.25) is 9.89 Å². The highest BCUT2D eigenvalue weighted by Crippen LogP contribution is 2.12. The minimum absolute atomic E-state index is 0.0629. The molecule has 0 atom stereocenters.